The van der Waals surface area contributed by atoms with Crippen LogP contribution in [0, 0.1) is 0 Å². The molecule has 1 aromatic heterocycles. The first-order valence-electron chi connectivity index (χ1n) is 9.75. The largest absolute Gasteiger partial charge is 0.416 e. The van der Waals surface area contributed by atoms with E-state index in [0.29, 0.717) is 10.3 Å². The van der Waals surface area contributed by atoms with Crippen LogP contribution in [0.3, 0.4) is 0 Å². The van der Waals surface area contributed by atoms with Crippen LogP contribution in [0.15, 0.2) is 66.2 Å². The lowest BCUT2D eigenvalue weighted by atomic mass is 10.2. The number of thiazole rings is 1. The number of fused-ring (bicyclic) bond motifs is 1. The molecule has 1 aliphatic heterocycles. The van der Waals surface area contributed by atoms with Crippen molar-refractivity contribution in [2.45, 2.75) is 17.8 Å². The first-order chi connectivity index (χ1) is 15.7. The van der Waals surface area contributed by atoms with E-state index in [0.717, 1.165) is 34.1 Å². The highest BCUT2D eigenvalue weighted by Gasteiger charge is 2.39. The SMILES string of the molecule is C=CCN1C(=O)C(CC(=O)Nc2cccc(C(F)(F)F)c2)SC1=Nc1nc2ccccc2s1. The van der Waals surface area contributed by atoms with Gasteiger partial charge in [-0.15, -0.1) is 6.58 Å². The maximum atomic E-state index is 12.9. The van der Waals surface area contributed by atoms with E-state index >= 15 is 0 Å². The zero-order chi connectivity index (χ0) is 23.6. The molecular weight excluding hydrogens is 473 g/mol. The number of aromatic nitrogens is 1. The number of rotatable bonds is 6. The van der Waals surface area contributed by atoms with Crippen LogP contribution in [0.1, 0.15) is 12.0 Å². The molecule has 170 valence electrons. The van der Waals surface area contributed by atoms with Crippen LogP contribution in [-0.4, -0.2) is 38.7 Å². The van der Waals surface area contributed by atoms with Crippen molar-refractivity contribution in [3.05, 3.63) is 66.7 Å². The Morgan fingerprint density at radius 3 is 2.76 bits per heavy atom. The minimum atomic E-state index is -4.52. The number of aliphatic imine (C=N–C) groups is 1. The first-order valence-corrected chi connectivity index (χ1v) is 11.4. The molecule has 0 saturated carbocycles. The minimum absolute atomic E-state index is 0.0107. The third-order valence-corrected chi connectivity index (χ3v) is 6.76. The molecule has 2 amide bonds. The number of anilines is 1. The van der Waals surface area contributed by atoms with Crippen molar-refractivity contribution >= 4 is 61.1 Å². The molecule has 1 fully saturated rings. The summed E-state index contributed by atoms with van der Waals surface area (Å²) in [5.74, 6) is -0.890. The van der Waals surface area contributed by atoms with E-state index in [1.807, 2.05) is 24.3 Å². The summed E-state index contributed by atoms with van der Waals surface area (Å²) in [4.78, 5) is 35.7. The fraction of sp³-hybridized carbons (Fsp3) is 0.182. The molecule has 2 heterocycles. The van der Waals surface area contributed by atoms with Gasteiger partial charge >= 0.3 is 6.18 Å². The molecule has 1 N–H and O–H groups in total. The number of alkyl halides is 3. The van der Waals surface area contributed by atoms with Gasteiger partial charge in [0.2, 0.25) is 16.9 Å². The molecule has 6 nitrogen and oxygen atoms in total. The molecule has 33 heavy (non-hydrogen) atoms. The van der Waals surface area contributed by atoms with Crippen LogP contribution in [0.4, 0.5) is 24.0 Å². The molecule has 0 spiro atoms. The fourth-order valence-corrected chi connectivity index (χ4v) is 5.21. The Labute approximate surface area is 195 Å². The highest BCUT2D eigenvalue weighted by atomic mass is 32.2. The topological polar surface area (TPSA) is 74.7 Å². The number of amides is 2. The number of thioether (sulfide) groups is 1. The second kappa shape index (κ2) is 9.36. The molecule has 1 unspecified atom stereocenters. The van der Waals surface area contributed by atoms with Gasteiger partial charge in [-0.25, -0.2) is 4.98 Å². The van der Waals surface area contributed by atoms with E-state index in [4.69, 9.17) is 0 Å². The number of carbonyl (C=O) groups is 2. The van der Waals surface area contributed by atoms with Crippen molar-refractivity contribution in [1.29, 1.82) is 0 Å². The van der Waals surface area contributed by atoms with Crippen molar-refractivity contribution in [2.75, 3.05) is 11.9 Å². The van der Waals surface area contributed by atoms with Gasteiger partial charge in [0, 0.05) is 18.7 Å². The summed E-state index contributed by atoms with van der Waals surface area (Å²) in [6.45, 7) is 3.87. The number of benzene rings is 2. The first kappa shape index (κ1) is 23.0. The quantitative estimate of drug-likeness (QED) is 0.466. The Hall–Kier alpha value is -3.18. The smallest absolute Gasteiger partial charge is 0.326 e. The van der Waals surface area contributed by atoms with E-state index in [1.165, 1.54) is 28.4 Å². The lowest BCUT2D eigenvalue weighted by molar-refractivity contribution is -0.137. The third-order valence-electron chi connectivity index (χ3n) is 4.65. The molecule has 0 bridgehead atoms. The Morgan fingerprint density at radius 2 is 2.03 bits per heavy atom. The number of nitrogens with one attached hydrogen (secondary N) is 1. The fourth-order valence-electron chi connectivity index (χ4n) is 3.17. The van der Waals surface area contributed by atoms with Crippen LogP contribution in [0.5, 0.6) is 0 Å². The Balaban J connectivity index is 1.49. The van der Waals surface area contributed by atoms with Crippen LogP contribution in [0.25, 0.3) is 10.2 Å². The van der Waals surface area contributed by atoms with Gasteiger partial charge in [0.25, 0.3) is 0 Å². The number of carbonyl (C=O) groups excluding carboxylic acids is 2. The van der Waals surface area contributed by atoms with Crippen LogP contribution < -0.4 is 5.32 Å². The highest BCUT2D eigenvalue weighted by Crippen LogP contribution is 2.35. The highest BCUT2D eigenvalue weighted by molar-refractivity contribution is 8.15. The predicted molar refractivity (Wildman–Crippen MR) is 125 cm³/mol. The lowest BCUT2D eigenvalue weighted by Crippen LogP contribution is -2.33. The van der Waals surface area contributed by atoms with Gasteiger partial charge in [-0.2, -0.15) is 18.2 Å². The summed E-state index contributed by atoms with van der Waals surface area (Å²) >= 11 is 2.50. The average molecular weight is 491 g/mol. The Kier molecular flexibility index (Phi) is 6.52. The van der Waals surface area contributed by atoms with Crippen molar-refractivity contribution in [2.24, 2.45) is 4.99 Å². The normalized spacial score (nSPS) is 17.7. The molecular formula is C22H17F3N4O2S2. The maximum Gasteiger partial charge on any atom is 0.416 e. The molecule has 0 radical (unpaired) electrons. The average Bonchev–Trinajstić information content (AvgIpc) is 3.29. The summed E-state index contributed by atoms with van der Waals surface area (Å²) in [6, 6.07) is 11.9. The van der Waals surface area contributed by atoms with E-state index in [1.54, 1.807) is 6.08 Å². The van der Waals surface area contributed by atoms with Crippen molar-refractivity contribution in [3.63, 3.8) is 0 Å². The van der Waals surface area contributed by atoms with E-state index in [2.05, 4.69) is 21.9 Å². The zero-order valence-electron chi connectivity index (χ0n) is 17.0. The number of nitrogens with zero attached hydrogens (tertiary/aromatic N) is 3. The van der Waals surface area contributed by atoms with Crippen molar-refractivity contribution in [3.8, 4) is 0 Å². The van der Waals surface area contributed by atoms with Gasteiger partial charge in [-0.1, -0.05) is 47.4 Å². The number of amidine groups is 1. The standard InChI is InChI=1S/C22H17F3N4O2S2/c1-2-10-29-19(31)17(12-18(30)26-14-7-5-6-13(11-14)22(23,24)25)33-21(29)28-20-27-15-8-3-4-9-16(15)32-20/h2-9,11,17H,1,10,12H2,(H,26,30). The maximum absolute atomic E-state index is 12.9. The monoisotopic (exact) mass is 490 g/mol. The molecule has 3 aromatic rings. The van der Waals surface area contributed by atoms with Gasteiger partial charge in [-0.3, -0.25) is 14.5 Å². The number of hydrogen-bond acceptors (Lipinski definition) is 6. The van der Waals surface area contributed by atoms with Gasteiger partial charge in [0.05, 0.1) is 15.8 Å². The van der Waals surface area contributed by atoms with Crippen LogP contribution in [0.2, 0.25) is 0 Å². The molecule has 2 aromatic carbocycles. The minimum Gasteiger partial charge on any atom is -0.326 e. The molecule has 1 atom stereocenters. The molecule has 11 heteroatoms. The van der Waals surface area contributed by atoms with Crippen molar-refractivity contribution < 1.29 is 22.8 Å². The van der Waals surface area contributed by atoms with Crippen LogP contribution in [-0.2, 0) is 15.8 Å². The van der Waals surface area contributed by atoms with Gasteiger partial charge in [-0.05, 0) is 30.3 Å². The summed E-state index contributed by atoms with van der Waals surface area (Å²) in [6.07, 6.45) is -3.18. The van der Waals surface area contributed by atoms with Gasteiger partial charge < -0.3 is 5.32 Å². The zero-order valence-corrected chi connectivity index (χ0v) is 18.6. The Morgan fingerprint density at radius 1 is 1.24 bits per heavy atom. The molecule has 4 rings (SSSR count). The predicted octanol–water partition coefficient (Wildman–Crippen LogP) is 5.46. The van der Waals surface area contributed by atoms with E-state index in [-0.39, 0.29) is 24.6 Å². The molecule has 1 aliphatic rings. The third kappa shape index (κ3) is 5.25. The summed E-state index contributed by atoms with van der Waals surface area (Å²) in [5, 5.41) is 2.56. The number of halogens is 3. The second-order valence-corrected chi connectivity index (χ2v) is 9.21. The number of para-hydroxylation sites is 1. The summed E-state index contributed by atoms with van der Waals surface area (Å²) < 4.78 is 39.7. The summed E-state index contributed by atoms with van der Waals surface area (Å²) in [7, 11) is 0. The second-order valence-electron chi connectivity index (χ2n) is 7.03. The molecule has 1 saturated heterocycles. The van der Waals surface area contributed by atoms with Crippen LogP contribution >= 0.6 is 23.1 Å². The number of hydrogen-bond donors (Lipinski definition) is 1. The molecule has 0 aliphatic carbocycles. The van der Waals surface area contributed by atoms with Gasteiger partial charge in [0.1, 0.15) is 5.25 Å². The van der Waals surface area contributed by atoms with E-state index in [9.17, 15) is 22.8 Å². The Bertz CT molecular complexity index is 1220. The van der Waals surface area contributed by atoms with Gasteiger partial charge in [0.15, 0.2) is 5.17 Å². The van der Waals surface area contributed by atoms with E-state index < -0.39 is 22.9 Å². The summed E-state index contributed by atoms with van der Waals surface area (Å²) in [5.41, 5.74) is -0.0610. The van der Waals surface area contributed by atoms with Crippen molar-refractivity contribution in [1.82, 2.24) is 9.88 Å². The lowest BCUT2D eigenvalue weighted by Gasteiger charge is -2.13.